The molecule has 2 N–H and O–H groups in total. The van der Waals surface area contributed by atoms with Gasteiger partial charge in [-0.3, -0.25) is 4.79 Å². The van der Waals surface area contributed by atoms with E-state index in [-0.39, 0.29) is 5.69 Å². The smallest absolute Gasteiger partial charge is 0.430 e. The highest BCUT2D eigenvalue weighted by Crippen LogP contribution is 2.37. The third kappa shape index (κ3) is 3.73. The molecule has 0 aliphatic heterocycles. The van der Waals surface area contributed by atoms with Crippen LogP contribution in [0.3, 0.4) is 0 Å². The number of hydrogen-bond acceptors (Lipinski definition) is 4. The Morgan fingerprint density at radius 1 is 1.35 bits per heavy atom. The number of methoxy groups -OCH3 is 1. The van der Waals surface area contributed by atoms with E-state index in [1.54, 1.807) is 0 Å². The van der Waals surface area contributed by atoms with Gasteiger partial charge in [-0.05, 0) is 24.6 Å². The van der Waals surface area contributed by atoms with Crippen molar-refractivity contribution in [2.45, 2.75) is 24.1 Å². The number of esters is 1. The topological polar surface area (TPSA) is 75.6 Å². The molecular formula is C13H12ClF4NO4. The van der Waals surface area contributed by atoms with Crippen LogP contribution in [0, 0.1) is 12.7 Å². The monoisotopic (exact) mass is 357 g/mol. The quantitative estimate of drug-likeness (QED) is 0.492. The Balaban J connectivity index is 3.14. The lowest BCUT2D eigenvalue weighted by Crippen LogP contribution is -2.62. The molecule has 1 aromatic rings. The average molecular weight is 358 g/mol. The number of alkyl halides is 4. The summed E-state index contributed by atoms with van der Waals surface area (Å²) in [4.78, 5) is 23.1. The van der Waals surface area contributed by atoms with E-state index in [2.05, 4.69) is 4.74 Å². The van der Waals surface area contributed by atoms with E-state index in [1.807, 2.05) is 5.32 Å². The van der Waals surface area contributed by atoms with Crippen molar-refractivity contribution in [1.82, 2.24) is 0 Å². The lowest BCUT2D eigenvalue weighted by atomic mass is 9.97. The van der Waals surface area contributed by atoms with Gasteiger partial charge in [-0.2, -0.15) is 13.2 Å². The van der Waals surface area contributed by atoms with Crippen LogP contribution in [0.5, 0.6) is 0 Å². The zero-order valence-corrected chi connectivity index (χ0v) is 12.6. The number of halogens is 5. The van der Waals surface area contributed by atoms with Gasteiger partial charge in [-0.25, -0.2) is 9.18 Å². The molecule has 23 heavy (non-hydrogen) atoms. The van der Waals surface area contributed by atoms with Crippen molar-refractivity contribution in [3.05, 3.63) is 29.6 Å². The van der Waals surface area contributed by atoms with Gasteiger partial charge in [-0.15, -0.1) is 11.6 Å². The van der Waals surface area contributed by atoms with Crippen LogP contribution in [-0.2, 0) is 14.3 Å². The molecule has 0 heterocycles. The summed E-state index contributed by atoms with van der Waals surface area (Å²) in [5.41, 5.74) is -4.08. The molecule has 0 radical (unpaired) electrons. The highest BCUT2D eigenvalue weighted by Gasteiger charge is 2.67. The van der Waals surface area contributed by atoms with Crippen LogP contribution in [0.1, 0.15) is 5.56 Å². The number of hydrogen-bond donors (Lipinski definition) is 2. The normalized spacial score (nSPS) is 15.5. The minimum atomic E-state index is -5.57. The van der Waals surface area contributed by atoms with Crippen LogP contribution in [0.4, 0.5) is 23.2 Å². The summed E-state index contributed by atoms with van der Waals surface area (Å²) in [6, 6.07) is 3.19. The Hall–Kier alpha value is -1.87. The molecule has 0 saturated heterocycles. The summed E-state index contributed by atoms with van der Waals surface area (Å²) in [6.07, 6.45) is -5.57. The summed E-state index contributed by atoms with van der Waals surface area (Å²) in [6.45, 7) is 1.45. The first kappa shape index (κ1) is 19.2. The van der Waals surface area contributed by atoms with E-state index in [0.29, 0.717) is 12.7 Å². The minimum Gasteiger partial charge on any atom is -0.467 e. The zero-order chi connectivity index (χ0) is 18.0. The molecule has 2 atom stereocenters. The summed E-state index contributed by atoms with van der Waals surface area (Å²) in [5.74, 6) is -4.45. The van der Waals surface area contributed by atoms with Crippen molar-refractivity contribution in [2.24, 2.45) is 0 Å². The fraction of sp³-hybridized carbons (Fsp3) is 0.385. The SMILES string of the molecule is COC(=O)C(O)(C(Cl)C(=O)Nc1cc(F)ccc1C)C(F)(F)F. The summed E-state index contributed by atoms with van der Waals surface area (Å²) < 4.78 is 55.9. The Bertz CT molecular complexity index is 622. The molecule has 10 heteroatoms. The number of anilines is 1. The number of aliphatic hydroxyl groups is 1. The second-order valence-electron chi connectivity index (χ2n) is 4.57. The second-order valence-corrected chi connectivity index (χ2v) is 5.00. The summed E-state index contributed by atoms with van der Waals surface area (Å²) in [5, 5.41) is 8.77. The Morgan fingerprint density at radius 3 is 2.39 bits per heavy atom. The Morgan fingerprint density at radius 2 is 1.91 bits per heavy atom. The minimum absolute atomic E-state index is 0.157. The molecule has 0 fully saturated rings. The van der Waals surface area contributed by atoms with Crippen LogP contribution in [-0.4, -0.2) is 41.2 Å². The Labute approximate surface area is 133 Å². The maximum atomic E-state index is 13.1. The molecule has 0 aliphatic carbocycles. The van der Waals surface area contributed by atoms with Crippen LogP contribution < -0.4 is 5.32 Å². The van der Waals surface area contributed by atoms with E-state index in [4.69, 9.17) is 11.6 Å². The number of aryl methyl sites for hydroxylation is 1. The van der Waals surface area contributed by atoms with Gasteiger partial charge >= 0.3 is 12.1 Å². The van der Waals surface area contributed by atoms with Crippen LogP contribution in [0.15, 0.2) is 18.2 Å². The number of ether oxygens (including phenoxy) is 1. The van der Waals surface area contributed by atoms with Crippen molar-refractivity contribution in [3.8, 4) is 0 Å². The molecule has 0 spiro atoms. The highest BCUT2D eigenvalue weighted by molar-refractivity contribution is 6.35. The molecule has 0 saturated carbocycles. The first-order valence-electron chi connectivity index (χ1n) is 6.03. The van der Waals surface area contributed by atoms with Crippen molar-refractivity contribution >= 4 is 29.2 Å². The molecule has 0 bridgehead atoms. The van der Waals surface area contributed by atoms with E-state index < -0.39 is 34.8 Å². The van der Waals surface area contributed by atoms with Gasteiger partial charge in [0, 0.05) is 5.69 Å². The molecule has 0 aliphatic rings. The number of carbonyl (C=O) groups excluding carboxylic acids is 2. The first-order valence-corrected chi connectivity index (χ1v) is 6.47. The summed E-state index contributed by atoms with van der Waals surface area (Å²) >= 11 is 5.36. The highest BCUT2D eigenvalue weighted by atomic mass is 35.5. The maximum absolute atomic E-state index is 13.1. The van der Waals surface area contributed by atoms with Crippen LogP contribution >= 0.6 is 11.6 Å². The standard InChI is InChI=1S/C13H12ClF4NO4/c1-6-3-4-7(15)5-8(6)19-10(20)9(14)12(22,11(21)23-2)13(16,17)18/h3-5,9,22H,1-2H3,(H,19,20). The van der Waals surface area contributed by atoms with Crippen molar-refractivity contribution in [3.63, 3.8) is 0 Å². The molecule has 1 amide bonds. The fourth-order valence-corrected chi connectivity index (χ4v) is 1.90. The van der Waals surface area contributed by atoms with Crippen molar-refractivity contribution in [2.75, 3.05) is 12.4 Å². The molecule has 1 rings (SSSR count). The third-order valence-corrected chi connectivity index (χ3v) is 3.50. The van der Waals surface area contributed by atoms with Gasteiger partial charge in [0.15, 0.2) is 5.38 Å². The number of rotatable bonds is 4. The molecule has 0 aromatic heterocycles. The molecule has 5 nitrogen and oxygen atoms in total. The number of benzene rings is 1. The average Bonchev–Trinajstić information content (AvgIpc) is 2.47. The number of carbonyl (C=O) groups is 2. The van der Waals surface area contributed by atoms with E-state index >= 15 is 0 Å². The van der Waals surface area contributed by atoms with E-state index in [9.17, 15) is 32.3 Å². The lowest BCUT2D eigenvalue weighted by Gasteiger charge is -2.30. The summed E-state index contributed by atoms with van der Waals surface area (Å²) in [7, 11) is 0.595. The third-order valence-electron chi connectivity index (χ3n) is 2.98. The van der Waals surface area contributed by atoms with Gasteiger partial charge in [0.05, 0.1) is 7.11 Å². The second kappa shape index (κ2) is 6.71. The first-order chi connectivity index (χ1) is 10.4. The van der Waals surface area contributed by atoms with Gasteiger partial charge in [0.2, 0.25) is 5.91 Å². The van der Waals surface area contributed by atoms with Crippen LogP contribution in [0.2, 0.25) is 0 Å². The molecule has 2 unspecified atom stereocenters. The van der Waals surface area contributed by atoms with Crippen LogP contribution in [0.25, 0.3) is 0 Å². The predicted octanol–water partition coefficient (Wildman–Crippen LogP) is 2.15. The molecule has 128 valence electrons. The van der Waals surface area contributed by atoms with Gasteiger partial charge < -0.3 is 15.2 Å². The van der Waals surface area contributed by atoms with Crippen molar-refractivity contribution < 1.29 is 37.0 Å². The van der Waals surface area contributed by atoms with E-state index in [0.717, 1.165) is 12.1 Å². The largest absolute Gasteiger partial charge is 0.467 e. The lowest BCUT2D eigenvalue weighted by molar-refractivity contribution is -0.260. The predicted molar refractivity (Wildman–Crippen MR) is 72.4 cm³/mol. The van der Waals surface area contributed by atoms with Gasteiger partial charge in [0.25, 0.3) is 5.60 Å². The molecule has 1 aromatic carbocycles. The Kier molecular flexibility index (Phi) is 5.60. The van der Waals surface area contributed by atoms with Gasteiger partial charge in [-0.1, -0.05) is 6.07 Å². The number of nitrogens with one attached hydrogen (secondary N) is 1. The van der Waals surface area contributed by atoms with E-state index in [1.165, 1.54) is 13.0 Å². The molecular weight excluding hydrogens is 346 g/mol. The van der Waals surface area contributed by atoms with Crippen molar-refractivity contribution in [1.29, 1.82) is 0 Å². The zero-order valence-electron chi connectivity index (χ0n) is 11.9. The fourth-order valence-electron chi connectivity index (χ4n) is 1.63. The maximum Gasteiger partial charge on any atom is 0.430 e. The number of amides is 1. The van der Waals surface area contributed by atoms with Gasteiger partial charge in [0.1, 0.15) is 5.82 Å².